The maximum absolute atomic E-state index is 13.5. The van der Waals surface area contributed by atoms with Crippen molar-refractivity contribution in [1.82, 2.24) is 5.32 Å². The molecule has 0 aliphatic rings. The van der Waals surface area contributed by atoms with Gasteiger partial charge >= 0.3 is 12.1 Å². The molecule has 12 heteroatoms. The lowest BCUT2D eigenvalue weighted by molar-refractivity contribution is -0.174. The van der Waals surface area contributed by atoms with Gasteiger partial charge in [0.25, 0.3) is 0 Å². The van der Waals surface area contributed by atoms with E-state index in [-0.39, 0.29) is 21.1 Å². The number of benzene rings is 3. The van der Waals surface area contributed by atoms with Crippen LogP contribution in [0.25, 0.3) is 0 Å². The van der Waals surface area contributed by atoms with Crippen molar-refractivity contribution >= 4 is 25.6 Å². The molecule has 0 saturated heterocycles. The molecule has 0 aliphatic heterocycles. The van der Waals surface area contributed by atoms with Crippen LogP contribution in [0.5, 0.6) is 5.75 Å². The summed E-state index contributed by atoms with van der Waals surface area (Å²) in [5.41, 5.74) is 1.03. The van der Waals surface area contributed by atoms with Gasteiger partial charge in [-0.25, -0.2) is 16.8 Å². The molecular formula is C24H22F3NO6S2. The van der Waals surface area contributed by atoms with E-state index in [2.05, 4.69) is 0 Å². The van der Waals surface area contributed by atoms with Gasteiger partial charge in [-0.15, -0.1) is 0 Å². The summed E-state index contributed by atoms with van der Waals surface area (Å²) in [6, 6.07) is 13.1. The highest BCUT2D eigenvalue weighted by atomic mass is 32.2. The number of carbonyl (C=O) groups excluding carboxylic acids is 1. The first-order valence-corrected chi connectivity index (χ1v) is 13.4. The molecule has 1 amide bonds. The molecule has 0 spiro atoms. The first kappa shape index (κ1) is 27.2. The standard InChI is InChI=1S/C24H22F3NO6S2/c1-15-4-9-19(10-5-15)36(32,33)22-14-18(34-3)8-13-21(22)35(30,31)20-11-6-17(7-12-20)16(2)28-23(29)24(25,26)27/h4-14,16H,1-3H3,(H,28,29)/t16-/m0/s1. The number of nitrogens with one attached hydrogen (secondary N) is 1. The van der Waals surface area contributed by atoms with Crippen LogP contribution in [0.4, 0.5) is 13.2 Å². The molecule has 3 aromatic carbocycles. The third-order valence-corrected chi connectivity index (χ3v) is 9.12. The number of aryl methyl sites for hydroxylation is 1. The summed E-state index contributed by atoms with van der Waals surface area (Å²) in [5.74, 6) is -2.00. The molecule has 3 aromatic rings. The van der Waals surface area contributed by atoms with E-state index in [1.54, 1.807) is 24.4 Å². The van der Waals surface area contributed by atoms with Crippen molar-refractivity contribution < 1.29 is 39.5 Å². The van der Waals surface area contributed by atoms with Gasteiger partial charge in [0.05, 0.1) is 32.7 Å². The van der Waals surface area contributed by atoms with Crippen LogP contribution in [0.2, 0.25) is 0 Å². The van der Waals surface area contributed by atoms with Crippen LogP contribution in [-0.2, 0) is 24.5 Å². The number of amides is 1. The van der Waals surface area contributed by atoms with E-state index in [0.717, 1.165) is 29.8 Å². The fourth-order valence-corrected chi connectivity index (χ4v) is 6.65. The second-order valence-electron chi connectivity index (χ2n) is 7.89. The summed E-state index contributed by atoms with van der Waals surface area (Å²) in [5, 5.41) is 1.78. The SMILES string of the molecule is COc1ccc(S(=O)(=O)c2ccc([C@H](C)NC(=O)C(F)(F)F)cc2)c(S(=O)(=O)c2ccc(C)cc2)c1. The Balaban J connectivity index is 2.04. The molecule has 1 atom stereocenters. The normalized spacial score (nSPS) is 13.2. The monoisotopic (exact) mass is 541 g/mol. The van der Waals surface area contributed by atoms with Crippen molar-refractivity contribution in [2.45, 2.75) is 45.6 Å². The van der Waals surface area contributed by atoms with Crippen molar-refractivity contribution in [2.24, 2.45) is 0 Å². The van der Waals surface area contributed by atoms with Crippen LogP contribution in [0.15, 0.2) is 86.3 Å². The molecule has 0 aliphatic carbocycles. The third kappa shape index (κ3) is 5.54. The number of sulfone groups is 2. The summed E-state index contributed by atoms with van der Waals surface area (Å²) in [6.07, 6.45) is -5.06. The van der Waals surface area contributed by atoms with E-state index >= 15 is 0 Å². The predicted molar refractivity (Wildman–Crippen MR) is 124 cm³/mol. The Bertz CT molecular complexity index is 1480. The van der Waals surface area contributed by atoms with Crippen molar-refractivity contribution in [2.75, 3.05) is 7.11 Å². The Morgan fingerprint density at radius 1 is 0.833 bits per heavy atom. The van der Waals surface area contributed by atoms with Gasteiger partial charge in [0.2, 0.25) is 19.7 Å². The summed E-state index contributed by atoms with van der Waals surface area (Å²) < 4.78 is 96.3. The molecule has 0 bridgehead atoms. The lowest BCUT2D eigenvalue weighted by Gasteiger charge is -2.17. The van der Waals surface area contributed by atoms with Crippen molar-refractivity contribution in [3.8, 4) is 5.75 Å². The molecule has 0 heterocycles. The minimum atomic E-state index is -5.06. The first-order valence-electron chi connectivity index (χ1n) is 10.4. The fraction of sp³-hybridized carbons (Fsp3) is 0.208. The van der Waals surface area contributed by atoms with Gasteiger partial charge in [0, 0.05) is 6.07 Å². The Labute approximate surface area is 206 Å². The Morgan fingerprint density at radius 3 is 1.83 bits per heavy atom. The van der Waals surface area contributed by atoms with E-state index in [9.17, 15) is 34.8 Å². The average Bonchev–Trinajstić information content (AvgIpc) is 2.83. The van der Waals surface area contributed by atoms with E-state index in [1.165, 1.54) is 44.4 Å². The van der Waals surface area contributed by atoms with Crippen LogP contribution < -0.4 is 10.1 Å². The number of hydrogen-bond donors (Lipinski definition) is 1. The highest BCUT2D eigenvalue weighted by Gasteiger charge is 2.39. The van der Waals surface area contributed by atoms with Crippen LogP contribution in [0.1, 0.15) is 24.1 Å². The van der Waals surface area contributed by atoms with Crippen LogP contribution >= 0.6 is 0 Å². The number of halogens is 3. The fourth-order valence-electron chi connectivity index (χ4n) is 3.32. The van der Waals surface area contributed by atoms with Crippen molar-refractivity contribution in [3.05, 3.63) is 77.9 Å². The number of carbonyl (C=O) groups is 1. The van der Waals surface area contributed by atoms with Gasteiger partial charge in [-0.05, 0) is 55.8 Å². The Morgan fingerprint density at radius 2 is 1.33 bits per heavy atom. The number of methoxy groups -OCH3 is 1. The van der Waals surface area contributed by atoms with Gasteiger partial charge in [0.15, 0.2) is 0 Å². The highest BCUT2D eigenvalue weighted by molar-refractivity contribution is 7.94. The zero-order valence-electron chi connectivity index (χ0n) is 19.3. The lowest BCUT2D eigenvalue weighted by atomic mass is 10.1. The minimum absolute atomic E-state index is 0.109. The quantitative estimate of drug-likeness (QED) is 0.475. The Hall–Kier alpha value is -3.38. The third-order valence-electron chi connectivity index (χ3n) is 5.36. The smallest absolute Gasteiger partial charge is 0.471 e. The molecule has 0 unspecified atom stereocenters. The molecule has 0 saturated carbocycles. The number of ether oxygens (including phenoxy) is 1. The second-order valence-corrected chi connectivity index (χ2v) is 11.7. The molecule has 0 aromatic heterocycles. The maximum atomic E-state index is 13.5. The zero-order valence-corrected chi connectivity index (χ0v) is 21.0. The van der Waals surface area contributed by atoms with Crippen molar-refractivity contribution in [3.63, 3.8) is 0 Å². The van der Waals surface area contributed by atoms with E-state index in [0.29, 0.717) is 0 Å². The average molecular weight is 542 g/mol. The van der Waals surface area contributed by atoms with Crippen LogP contribution in [0.3, 0.4) is 0 Å². The van der Waals surface area contributed by atoms with Gasteiger partial charge in [0.1, 0.15) is 5.75 Å². The molecule has 1 N–H and O–H groups in total. The Kier molecular flexibility index (Phi) is 7.51. The molecule has 192 valence electrons. The van der Waals surface area contributed by atoms with E-state index in [1.807, 2.05) is 0 Å². The lowest BCUT2D eigenvalue weighted by Crippen LogP contribution is -2.38. The molecular weight excluding hydrogens is 519 g/mol. The van der Waals surface area contributed by atoms with Gasteiger partial charge in [-0.1, -0.05) is 29.8 Å². The van der Waals surface area contributed by atoms with Gasteiger partial charge in [-0.3, -0.25) is 4.79 Å². The van der Waals surface area contributed by atoms with Crippen LogP contribution in [0, 0.1) is 6.92 Å². The summed E-state index contributed by atoms with van der Waals surface area (Å²) in [4.78, 5) is 9.81. The second kappa shape index (κ2) is 9.94. The van der Waals surface area contributed by atoms with E-state index in [4.69, 9.17) is 4.74 Å². The molecule has 36 heavy (non-hydrogen) atoms. The minimum Gasteiger partial charge on any atom is -0.497 e. The highest BCUT2D eigenvalue weighted by Crippen LogP contribution is 2.34. The van der Waals surface area contributed by atoms with Crippen molar-refractivity contribution in [1.29, 1.82) is 0 Å². The molecule has 0 radical (unpaired) electrons. The number of rotatable bonds is 7. The summed E-state index contributed by atoms with van der Waals surface area (Å²) >= 11 is 0. The molecule has 7 nitrogen and oxygen atoms in total. The van der Waals surface area contributed by atoms with Gasteiger partial charge < -0.3 is 10.1 Å². The zero-order chi connectivity index (χ0) is 26.9. The summed E-state index contributed by atoms with van der Waals surface area (Å²) in [7, 11) is -7.35. The molecule has 3 rings (SSSR count). The van der Waals surface area contributed by atoms with Crippen LogP contribution in [-0.4, -0.2) is 36.0 Å². The predicted octanol–water partition coefficient (Wildman–Crippen LogP) is 4.41. The molecule has 0 fully saturated rings. The first-order chi connectivity index (χ1) is 16.7. The maximum Gasteiger partial charge on any atom is 0.471 e. The topological polar surface area (TPSA) is 107 Å². The largest absolute Gasteiger partial charge is 0.497 e. The summed E-state index contributed by atoms with van der Waals surface area (Å²) in [6.45, 7) is 3.08. The number of hydrogen-bond acceptors (Lipinski definition) is 6. The number of alkyl halides is 3. The van der Waals surface area contributed by atoms with Gasteiger partial charge in [-0.2, -0.15) is 13.2 Å². The van der Waals surface area contributed by atoms with E-state index < -0.39 is 47.6 Å².